The second-order valence-corrected chi connectivity index (χ2v) is 32.7. The number of ether oxygens (including phenoxy) is 6. The number of hydrogen-bond acceptors (Lipinski definition) is 21. The SMILES string of the molecule is C.C#[N+][C@@H]1CCCc2ccccc21.CC[C@@H](C)C(=O)N[C@@H]1C(=O)N2C(C(=O)N[C@@H]3CCCc4ccccc43)CC[C@@H]2O[C@@H]1C.COC(C)CCC(CC(=O)[C@@H](NC(=O)[C@H](C)N(C)C(=O)OC(C)(C)C)[C@H](C)O)C(=O)N[C@@H]1CCCc2ccccc21.COC(CCC=O)OC.C[C@@H](O)[C@H](NC(=O)[C@H](C)N(C)C(=O)OC(C)(C)C)C(=O)O.N.OCC(F)(F)F. The average molecular weight is 1730 g/mol. The van der Waals surface area contributed by atoms with E-state index in [-0.39, 0.29) is 80.1 Å². The van der Waals surface area contributed by atoms with E-state index in [1.807, 2.05) is 58.0 Å². The van der Waals surface area contributed by atoms with Crippen molar-refractivity contribution in [2.45, 2.75) is 322 Å². The van der Waals surface area contributed by atoms with E-state index in [9.17, 15) is 76.1 Å². The van der Waals surface area contributed by atoms with E-state index < -0.39 is 126 Å². The van der Waals surface area contributed by atoms with Gasteiger partial charge in [-0.1, -0.05) is 98.9 Å². The third kappa shape index (κ3) is 36.7. The molecule has 688 valence electrons. The van der Waals surface area contributed by atoms with Crippen LogP contribution in [0.1, 0.15) is 246 Å². The summed E-state index contributed by atoms with van der Waals surface area (Å²) in [5.74, 6) is -4.74. The van der Waals surface area contributed by atoms with Gasteiger partial charge in [-0.15, -0.1) is 0 Å². The van der Waals surface area contributed by atoms with Gasteiger partial charge in [-0.25, -0.2) is 14.4 Å². The number of hydrogen-bond donors (Lipinski definition) is 10. The third-order valence-corrected chi connectivity index (χ3v) is 21.1. The van der Waals surface area contributed by atoms with E-state index in [1.165, 1.54) is 82.4 Å². The van der Waals surface area contributed by atoms with Crippen molar-refractivity contribution in [3.05, 3.63) is 111 Å². The number of methoxy groups -OCH3 is 3. The maximum absolute atomic E-state index is 13.5. The Hall–Kier alpha value is -9.21. The summed E-state index contributed by atoms with van der Waals surface area (Å²) in [6.07, 6.45) is 4.44. The molecule has 122 heavy (non-hydrogen) atoms. The van der Waals surface area contributed by atoms with Crippen LogP contribution in [0.4, 0.5) is 22.8 Å². The number of amides is 8. The first-order chi connectivity index (χ1) is 56.2. The van der Waals surface area contributed by atoms with Crippen LogP contribution in [-0.4, -0.2) is 233 Å². The van der Waals surface area contributed by atoms with Crippen LogP contribution >= 0.6 is 0 Å². The number of nitrogens with zero attached hydrogens (tertiary/aromatic N) is 4. The highest BCUT2D eigenvalue weighted by atomic mass is 19.4. The number of carbonyl (C=O) groups is 11. The molecule has 3 aliphatic carbocycles. The molecule has 5 aliphatic rings. The first-order valence-corrected chi connectivity index (χ1v) is 41.1. The number of carbonyl (C=O) groups excluding carboxylic acids is 10. The molecule has 34 heteroatoms. The van der Waals surface area contributed by atoms with Crippen LogP contribution in [-0.2, 0) is 90.8 Å². The monoisotopic (exact) mass is 1730 g/mol. The van der Waals surface area contributed by atoms with Crippen molar-refractivity contribution in [1.82, 2.24) is 47.4 Å². The van der Waals surface area contributed by atoms with E-state index in [2.05, 4.69) is 73.9 Å². The fraction of sp³-hybridized carbons (Fsp3) is 0.659. The second kappa shape index (κ2) is 53.7. The van der Waals surface area contributed by atoms with E-state index in [0.717, 1.165) is 66.6 Å². The fourth-order valence-electron chi connectivity index (χ4n) is 13.6. The molecule has 16 atom stereocenters. The number of aliphatic hydroxyl groups excluding tert-OH is 3. The number of fused-ring (bicyclic) bond motifs is 4. The molecule has 8 amide bonds. The van der Waals surface area contributed by atoms with Gasteiger partial charge in [0.05, 0.1) is 36.5 Å². The third-order valence-electron chi connectivity index (χ3n) is 21.1. The van der Waals surface area contributed by atoms with E-state index in [1.54, 1.807) is 67.8 Å². The lowest BCUT2D eigenvalue weighted by Gasteiger charge is -2.41. The fourth-order valence-corrected chi connectivity index (χ4v) is 13.6. The molecule has 2 aliphatic heterocycles. The lowest BCUT2D eigenvalue weighted by Crippen LogP contribution is -2.64. The molecule has 8 rings (SSSR count). The summed E-state index contributed by atoms with van der Waals surface area (Å²) in [6.45, 7) is 26.9. The molecule has 2 fully saturated rings. The van der Waals surface area contributed by atoms with Gasteiger partial charge in [-0.2, -0.15) is 13.2 Å². The molecule has 12 N–H and O–H groups in total. The lowest BCUT2D eigenvalue weighted by atomic mass is 9.86. The van der Waals surface area contributed by atoms with Gasteiger partial charge >= 0.3 is 24.3 Å². The van der Waals surface area contributed by atoms with Crippen molar-refractivity contribution >= 4 is 65.7 Å². The highest BCUT2D eigenvalue weighted by molar-refractivity contribution is 5.96. The first kappa shape index (κ1) is 111. The smallest absolute Gasteiger partial charge is 0.411 e. The number of carboxylic acids is 1. The zero-order chi connectivity index (χ0) is 90.7. The van der Waals surface area contributed by atoms with Gasteiger partial charge < -0.3 is 91.3 Å². The van der Waals surface area contributed by atoms with E-state index in [4.69, 9.17) is 45.2 Å². The van der Waals surface area contributed by atoms with Gasteiger partial charge in [-0.3, -0.25) is 43.4 Å². The van der Waals surface area contributed by atoms with Crippen molar-refractivity contribution < 1.29 is 115 Å². The zero-order valence-electron chi connectivity index (χ0n) is 74.0. The summed E-state index contributed by atoms with van der Waals surface area (Å²) >= 11 is 0. The quantitative estimate of drug-likeness (QED) is 0.0238. The van der Waals surface area contributed by atoms with Gasteiger partial charge in [0.15, 0.2) is 18.1 Å². The lowest BCUT2D eigenvalue weighted by molar-refractivity contribution is -0.179. The number of carboxylic acid groups (broad SMARTS) is 1. The van der Waals surface area contributed by atoms with Gasteiger partial charge in [-0.05, 0) is 194 Å². The van der Waals surface area contributed by atoms with E-state index >= 15 is 0 Å². The Morgan fingerprint density at radius 2 is 1.08 bits per heavy atom. The minimum Gasteiger partial charge on any atom is -0.480 e. The highest BCUT2D eigenvalue weighted by Crippen LogP contribution is 2.36. The number of nitrogens with one attached hydrogen (secondary N) is 5. The van der Waals surface area contributed by atoms with Gasteiger partial charge in [0, 0.05) is 78.5 Å². The Labute approximate surface area is 718 Å². The molecular weight excluding hydrogens is 1590 g/mol. The van der Waals surface area contributed by atoms with Crippen LogP contribution in [0.25, 0.3) is 4.85 Å². The highest BCUT2D eigenvalue weighted by Gasteiger charge is 2.51. The van der Waals surface area contributed by atoms with Crippen molar-refractivity contribution in [1.29, 1.82) is 0 Å². The summed E-state index contributed by atoms with van der Waals surface area (Å²) < 4.78 is 63.1. The number of aldehydes is 1. The number of Topliss-reactive ketones (excluding diaryl/α,β-unsaturated/α-hetero) is 1. The first-order valence-electron chi connectivity index (χ1n) is 41.1. The van der Waals surface area contributed by atoms with Crippen LogP contribution in [0, 0.1) is 18.4 Å². The van der Waals surface area contributed by atoms with Crippen molar-refractivity contribution in [2.24, 2.45) is 11.8 Å². The number of aliphatic carboxylic acids is 1. The predicted octanol–water partition coefficient (Wildman–Crippen LogP) is 11.3. The summed E-state index contributed by atoms with van der Waals surface area (Å²) in [5, 5.41) is 49.9. The molecule has 3 aromatic carbocycles. The topological polar surface area (TPSA) is 433 Å². The van der Waals surface area contributed by atoms with E-state index in [0.29, 0.717) is 44.9 Å². The minimum atomic E-state index is -4.40. The Morgan fingerprint density at radius 1 is 0.639 bits per heavy atom. The van der Waals surface area contributed by atoms with Crippen LogP contribution in [0.3, 0.4) is 0 Å². The number of halogens is 3. The standard InChI is InChI=1S/C31H49N3O7.C24H33N3O4.C13H24N2O6.C11H12N.C6H12O3.C2H3F3O.CH4.H3N/c1-19(40-8)16-17-23(29(38)32-25-15-11-13-22-12-9-10-14-24(22)25)18-26(36)27(21(3)35)33-28(37)20(2)34(7)30(39)41-31(4,5)6;1-4-14(2)22(28)26-21-15(3)31-20-13-12-19(27(20)24(21)30)23(29)25-18-11-7-9-16-8-5-6-10-17(16)18;1-7(15(6)12(20)21-13(3,4)5)10(17)14-9(8(2)16)11(18)19;1-12-11-8-4-6-9-5-2-3-7-10(9)11;1-8-6(9-2)4-3-5-7;3-2(4,5)1-6;;/h9-10,12,14,19-21,23,25,27,35H,11,13,15-18H2,1-8H3,(H,32,38)(H,33,37);5-6,8,10,14-15,18-21H,4,7,9,11-13H2,1-3H3,(H,25,29)(H,26,28);7-9,16H,1-6H3,(H,14,17)(H,18,19);1-3,5,7,11H,4,6,8H2;5-6H,3-4H2,1-2H3;6H,1H2;1H4;1H3/q;;;+1;;;;/t19?,20-,21-,23?,25+,27-;14-,15-,18-,19?,20+,21+;7-,8+,9-;11-;;;;/m0101..../s1. The van der Waals surface area contributed by atoms with Crippen LogP contribution in [0.5, 0.6) is 0 Å². The molecule has 31 nitrogen and oxygen atoms in total. The number of benzene rings is 3. The molecule has 0 saturated carbocycles. The average Bonchev–Trinajstić information content (AvgIpc) is 1.60. The largest absolute Gasteiger partial charge is 0.480 e. The summed E-state index contributed by atoms with van der Waals surface area (Å²) in [7, 11) is 7.50. The molecule has 0 aromatic heterocycles. The predicted molar refractivity (Wildman–Crippen MR) is 455 cm³/mol. The van der Waals surface area contributed by atoms with Gasteiger partial charge in [0.1, 0.15) is 60.5 Å². The molecule has 2 saturated heterocycles. The van der Waals surface area contributed by atoms with Crippen molar-refractivity contribution in [3.8, 4) is 6.57 Å². The Kier molecular flexibility index (Phi) is 48.8. The molecule has 0 bridgehead atoms. The number of likely N-dealkylation sites (N-methyl/N-ethyl adjacent to an activating group) is 2. The molecular formula is C88H140F3N10O21+. The van der Waals surface area contributed by atoms with Gasteiger partial charge in [0.25, 0.3) is 18.5 Å². The number of aliphatic hydroxyl groups is 3. The summed E-state index contributed by atoms with van der Waals surface area (Å²) in [6, 6.07) is 18.9. The maximum atomic E-state index is 13.5. The number of rotatable bonds is 28. The minimum absolute atomic E-state index is 0. The van der Waals surface area contributed by atoms with Crippen molar-refractivity contribution in [2.75, 3.05) is 42.0 Å². The van der Waals surface area contributed by atoms with Crippen LogP contribution < -0.4 is 32.7 Å². The van der Waals surface area contributed by atoms with Gasteiger partial charge in [0.2, 0.25) is 29.5 Å². The summed E-state index contributed by atoms with van der Waals surface area (Å²) in [5.41, 5.74) is 6.06. The molecule has 0 radical (unpaired) electrons. The molecule has 3 aromatic rings. The Balaban J connectivity index is 0.000000807. The number of aryl methyl sites for hydroxylation is 3. The zero-order valence-corrected chi connectivity index (χ0v) is 74.0. The van der Waals surface area contributed by atoms with Crippen LogP contribution in [0.15, 0.2) is 72.8 Å². The number of alkyl halides is 3. The van der Waals surface area contributed by atoms with Crippen LogP contribution in [0.2, 0.25) is 0 Å². The summed E-state index contributed by atoms with van der Waals surface area (Å²) in [4.78, 5) is 144. The molecule has 3 unspecified atom stereocenters. The Morgan fingerprint density at radius 3 is 1.50 bits per heavy atom. The Bertz CT molecular complexity index is 3830. The number of ketones is 1. The second-order valence-electron chi connectivity index (χ2n) is 32.7. The maximum Gasteiger partial charge on any atom is 0.411 e. The molecule has 2 heterocycles. The normalized spacial score (nSPS) is 20.2. The van der Waals surface area contributed by atoms with Crippen molar-refractivity contribution in [3.63, 3.8) is 0 Å². The molecule has 0 spiro atoms.